The van der Waals surface area contributed by atoms with Crippen molar-refractivity contribution in [3.8, 4) is 0 Å². The van der Waals surface area contributed by atoms with E-state index in [1.807, 2.05) is 27.8 Å². The zero-order valence-electron chi connectivity index (χ0n) is 12.5. The summed E-state index contributed by atoms with van der Waals surface area (Å²) >= 11 is 5.87. The number of carbonyl (C=O) groups is 1. The minimum atomic E-state index is -0.0753. The van der Waals surface area contributed by atoms with Crippen LogP contribution >= 0.6 is 11.6 Å². The van der Waals surface area contributed by atoms with Crippen LogP contribution in [0.1, 0.15) is 31.5 Å². The Hall–Kier alpha value is -2.01. The first-order chi connectivity index (χ1) is 10.7. The molecule has 1 aromatic heterocycles. The van der Waals surface area contributed by atoms with E-state index in [9.17, 15) is 4.79 Å². The largest absolute Gasteiger partial charge is 0.322 e. The topological polar surface area (TPSA) is 50.2 Å². The predicted octanol–water partition coefficient (Wildman–Crippen LogP) is 3.93. The van der Waals surface area contributed by atoms with Gasteiger partial charge in [-0.2, -0.15) is 5.10 Å². The van der Waals surface area contributed by atoms with Crippen molar-refractivity contribution in [2.24, 2.45) is 0 Å². The Morgan fingerprint density at radius 2 is 2.14 bits per heavy atom. The van der Waals surface area contributed by atoms with Crippen molar-refractivity contribution in [3.63, 3.8) is 0 Å². The molecule has 22 heavy (non-hydrogen) atoms. The number of aryl methyl sites for hydroxylation is 1. The van der Waals surface area contributed by atoms with Crippen LogP contribution in [0.5, 0.6) is 0 Å². The lowest BCUT2D eigenvalue weighted by Gasteiger charge is -2.25. The normalized spacial score (nSPS) is 17.7. The number of hydrogen-bond acceptors (Lipinski definition) is 2. The molecule has 1 aliphatic heterocycles. The van der Waals surface area contributed by atoms with E-state index in [0.29, 0.717) is 5.02 Å². The second kappa shape index (κ2) is 6.40. The number of benzene rings is 1. The molecule has 0 saturated carbocycles. The van der Waals surface area contributed by atoms with Gasteiger partial charge in [0.05, 0.1) is 11.7 Å². The van der Waals surface area contributed by atoms with Gasteiger partial charge < -0.3 is 10.2 Å². The van der Waals surface area contributed by atoms with Crippen molar-refractivity contribution in [2.45, 2.75) is 32.4 Å². The van der Waals surface area contributed by atoms with Crippen LogP contribution in [-0.4, -0.2) is 27.3 Å². The zero-order valence-corrected chi connectivity index (χ0v) is 13.3. The van der Waals surface area contributed by atoms with Crippen molar-refractivity contribution < 1.29 is 4.79 Å². The van der Waals surface area contributed by atoms with E-state index < -0.39 is 0 Å². The Morgan fingerprint density at radius 3 is 2.86 bits per heavy atom. The van der Waals surface area contributed by atoms with E-state index in [1.165, 1.54) is 0 Å². The fraction of sp³-hybridized carbons (Fsp3) is 0.375. The van der Waals surface area contributed by atoms with E-state index >= 15 is 0 Å². The third-order valence-electron chi connectivity index (χ3n) is 4.00. The van der Waals surface area contributed by atoms with Gasteiger partial charge in [-0.25, -0.2) is 4.79 Å². The van der Waals surface area contributed by atoms with Crippen LogP contribution in [0.2, 0.25) is 5.02 Å². The van der Waals surface area contributed by atoms with Crippen molar-refractivity contribution in [1.82, 2.24) is 14.7 Å². The highest BCUT2D eigenvalue weighted by Gasteiger charge is 2.31. The summed E-state index contributed by atoms with van der Waals surface area (Å²) in [5.41, 5.74) is 1.86. The molecule has 0 bridgehead atoms. The average molecular weight is 319 g/mol. The summed E-state index contributed by atoms with van der Waals surface area (Å²) in [6, 6.07) is 9.17. The van der Waals surface area contributed by atoms with Gasteiger partial charge in [-0.15, -0.1) is 0 Å². The number of rotatable bonds is 3. The minimum Gasteiger partial charge on any atom is -0.316 e. The van der Waals surface area contributed by atoms with Crippen molar-refractivity contribution in [3.05, 3.63) is 47.2 Å². The monoisotopic (exact) mass is 318 g/mol. The van der Waals surface area contributed by atoms with Crippen LogP contribution in [0.3, 0.4) is 0 Å². The summed E-state index contributed by atoms with van der Waals surface area (Å²) in [4.78, 5) is 14.4. The molecule has 6 heteroatoms. The van der Waals surface area contributed by atoms with Gasteiger partial charge in [0.1, 0.15) is 0 Å². The first kappa shape index (κ1) is 14.9. The van der Waals surface area contributed by atoms with Crippen molar-refractivity contribution in [1.29, 1.82) is 0 Å². The number of hydrogen-bond donors (Lipinski definition) is 1. The molecule has 1 saturated heterocycles. The lowest BCUT2D eigenvalue weighted by Crippen LogP contribution is -2.35. The summed E-state index contributed by atoms with van der Waals surface area (Å²) in [6.07, 6.45) is 3.78. The molecule has 0 radical (unpaired) electrons. The number of aromatic nitrogens is 2. The van der Waals surface area contributed by atoms with Crippen LogP contribution in [0.4, 0.5) is 10.5 Å². The summed E-state index contributed by atoms with van der Waals surface area (Å²) in [5.74, 6) is 0. The Morgan fingerprint density at radius 1 is 1.36 bits per heavy atom. The Kier molecular flexibility index (Phi) is 4.34. The number of likely N-dealkylation sites (tertiary alicyclic amines) is 1. The van der Waals surface area contributed by atoms with Crippen LogP contribution in [0.15, 0.2) is 36.5 Å². The molecule has 1 N–H and O–H groups in total. The molecule has 5 nitrogen and oxygen atoms in total. The number of nitrogens with one attached hydrogen (secondary N) is 1. The van der Waals surface area contributed by atoms with Crippen LogP contribution in [0.25, 0.3) is 0 Å². The van der Waals surface area contributed by atoms with E-state index in [1.54, 1.807) is 18.3 Å². The molecule has 1 aliphatic rings. The van der Waals surface area contributed by atoms with Gasteiger partial charge in [-0.05, 0) is 50.1 Å². The molecule has 2 aromatic rings. The van der Waals surface area contributed by atoms with Crippen molar-refractivity contribution in [2.75, 3.05) is 11.9 Å². The standard InChI is InChI=1S/C16H19ClN4O/c1-2-21-15(9-10-18-21)14-4-3-11-20(14)16(22)19-13-7-5-12(17)6-8-13/h5-10,14H,2-4,11H2,1H3,(H,19,22)/t14-/m0/s1. The van der Waals surface area contributed by atoms with E-state index in [-0.39, 0.29) is 12.1 Å². The Labute approximate surface area is 134 Å². The van der Waals surface area contributed by atoms with Gasteiger partial charge in [0, 0.05) is 30.0 Å². The first-order valence-corrected chi connectivity index (χ1v) is 7.91. The number of halogens is 1. The van der Waals surface area contributed by atoms with E-state index in [4.69, 9.17) is 11.6 Å². The second-order valence-electron chi connectivity index (χ2n) is 5.36. The Balaban J connectivity index is 1.75. The highest BCUT2D eigenvalue weighted by Crippen LogP contribution is 2.32. The molecular formula is C16H19ClN4O. The smallest absolute Gasteiger partial charge is 0.316 e. The molecule has 1 atom stereocenters. The zero-order chi connectivity index (χ0) is 15.5. The second-order valence-corrected chi connectivity index (χ2v) is 5.80. The molecule has 0 aliphatic carbocycles. The minimum absolute atomic E-state index is 0.0753. The molecule has 2 amide bonds. The summed E-state index contributed by atoms with van der Waals surface area (Å²) in [6.45, 7) is 3.63. The van der Waals surface area contributed by atoms with E-state index in [0.717, 1.165) is 37.3 Å². The number of urea groups is 1. The fourth-order valence-corrected chi connectivity index (χ4v) is 3.06. The number of amides is 2. The lowest BCUT2D eigenvalue weighted by atomic mass is 10.1. The number of nitrogens with zero attached hydrogens (tertiary/aromatic N) is 3. The van der Waals surface area contributed by atoms with Gasteiger partial charge in [0.25, 0.3) is 0 Å². The highest BCUT2D eigenvalue weighted by molar-refractivity contribution is 6.30. The molecule has 0 unspecified atom stereocenters. The summed E-state index contributed by atoms with van der Waals surface area (Å²) < 4.78 is 1.96. The van der Waals surface area contributed by atoms with Gasteiger partial charge in [-0.3, -0.25) is 4.68 Å². The first-order valence-electron chi connectivity index (χ1n) is 7.54. The van der Waals surface area contributed by atoms with Gasteiger partial charge in [0.2, 0.25) is 0 Å². The third-order valence-corrected chi connectivity index (χ3v) is 4.25. The quantitative estimate of drug-likeness (QED) is 0.932. The molecule has 0 spiro atoms. The number of carbonyl (C=O) groups excluding carboxylic acids is 1. The molecule has 1 aromatic carbocycles. The molecule has 2 heterocycles. The third kappa shape index (κ3) is 2.95. The molecule has 3 rings (SSSR count). The van der Waals surface area contributed by atoms with E-state index in [2.05, 4.69) is 17.3 Å². The molecule has 116 valence electrons. The van der Waals surface area contributed by atoms with Crippen LogP contribution in [0, 0.1) is 0 Å². The SMILES string of the molecule is CCn1nccc1[C@@H]1CCCN1C(=O)Nc1ccc(Cl)cc1. The molecular weight excluding hydrogens is 300 g/mol. The maximum atomic E-state index is 12.6. The van der Waals surface area contributed by atoms with Crippen LogP contribution in [-0.2, 0) is 6.54 Å². The van der Waals surface area contributed by atoms with Gasteiger partial charge >= 0.3 is 6.03 Å². The lowest BCUT2D eigenvalue weighted by molar-refractivity contribution is 0.204. The Bertz CT molecular complexity index is 652. The summed E-state index contributed by atoms with van der Waals surface area (Å²) in [5, 5.41) is 7.91. The molecule has 1 fully saturated rings. The summed E-state index contributed by atoms with van der Waals surface area (Å²) in [7, 11) is 0. The van der Waals surface area contributed by atoms with Gasteiger partial charge in [0.15, 0.2) is 0 Å². The fourth-order valence-electron chi connectivity index (χ4n) is 2.94. The predicted molar refractivity (Wildman–Crippen MR) is 87.1 cm³/mol. The van der Waals surface area contributed by atoms with Gasteiger partial charge in [-0.1, -0.05) is 11.6 Å². The maximum absolute atomic E-state index is 12.6. The highest BCUT2D eigenvalue weighted by atomic mass is 35.5. The maximum Gasteiger partial charge on any atom is 0.322 e. The van der Waals surface area contributed by atoms with Crippen LogP contribution < -0.4 is 5.32 Å². The average Bonchev–Trinajstić information content (AvgIpc) is 3.17. The number of anilines is 1. The van der Waals surface area contributed by atoms with Crippen molar-refractivity contribution >= 4 is 23.3 Å².